The van der Waals surface area contributed by atoms with E-state index < -0.39 is 10.7 Å². The molecule has 2 heterocycles. The van der Waals surface area contributed by atoms with Crippen LogP contribution in [0.5, 0.6) is 0 Å². The SMILES string of the molecule is C[C@H](C(=O)N1CCN(c2ccc([SH](=O)=O)cc2)CC1)N1CCCc2cc(F)ccc21. The van der Waals surface area contributed by atoms with E-state index in [1.165, 1.54) is 6.07 Å². The maximum Gasteiger partial charge on any atom is 0.245 e. The van der Waals surface area contributed by atoms with Gasteiger partial charge in [0.25, 0.3) is 0 Å². The third-order valence-electron chi connectivity index (χ3n) is 6.04. The van der Waals surface area contributed by atoms with Crippen LogP contribution in [0.4, 0.5) is 15.8 Å². The summed E-state index contributed by atoms with van der Waals surface area (Å²) in [7, 11) is -2.57. The minimum Gasteiger partial charge on any atom is -0.368 e. The molecular weight excluding hydrogens is 405 g/mol. The molecule has 1 atom stereocenters. The van der Waals surface area contributed by atoms with E-state index in [9.17, 15) is 17.6 Å². The third kappa shape index (κ3) is 4.14. The fourth-order valence-corrected chi connectivity index (χ4v) is 4.76. The topological polar surface area (TPSA) is 60.9 Å². The van der Waals surface area contributed by atoms with Crippen molar-refractivity contribution in [1.29, 1.82) is 0 Å². The number of anilines is 2. The van der Waals surface area contributed by atoms with E-state index in [1.54, 1.807) is 24.3 Å². The Morgan fingerprint density at radius 1 is 1.00 bits per heavy atom. The van der Waals surface area contributed by atoms with Gasteiger partial charge in [0, 0.05) is 44.1 Å². The van der Waals surface area contributed by atoms with Crippen molar-refractivity contribution >= 4 is 28.0 Å². The summed E-state index contributed by atoms with van der Waals surface area (Å²) in [5.74, 6) is -0.147. The second kappa shape index (κ2) is 8.63. The van der Waals surface area contributed by atoms with Gasteiger partial charge in [0.2, 0.25) is 5.91 Å². The van der Waals surface area contributed by atoms with Crippen molar-refractivity contribution in [1.82, 2.24) is 4.90 Å². The number of aryl methyl sites for hydroxylation is 1. The van der Waals surface area contributed by atoms with Crippen molar-refractivity contribution in [3.8, 4) is 0 Å². The molecule has 1 amide bonds. The molecule has 2 aromatic rings. The van der Waals surface area contributed by atoms with Gasteiger partial charge >= 0.3 is 0 Å². The number of fused-ring (bicyclic) bond motifs is 1. The highest BCUT2D eigenvalue weighted by Crippen LogP contribution is 2.30. The molecule has 6 nitrogen and oxygen atoms in total. The van der Waals surface area contributed by atoms with Crippen molar-refractivity contribution in [2.45, 2.75) is 30.7 Å². The Morgan fingerprint density at radius 2 is 1.70 bits per heavy atom. The van der Waals surface area contributed by atoms with E-state index in [0.29, 0.717) is 31.1 Å². The third-order valence-corrected chi connectivity index (χ3v) is 6.76. The van der Waals surface area contributed by atoms with Crippen LogP contribution in [0.1, 0.15) is 18.9 Å². The van der Waals surface area contributed by atoms with Gasteiger partial charge in [-0.25, -0.2) is 12.8 Å². The first-order valence-electron chi connectivity index (χ1n) is 10.3. The Bertz CT molecular complexity index is 993. The zero-order chi connectivity index (χ0) is 21.3. The molecule has 2 aromatic carbocycles. The monoisotopic (exact) mass is 431 g/mol. The normalized spacial score (nSPS) is 17.8. The molecule has 2 aliphatic rings. The zero-order valence-corrected chi connectivity index (χ0v) is 17.9. The number of benzene rings is 2. The number of amides is 1. The fourth-order valence-electron chi connectivity index (χ4n) is 4.36. The smallest absolute Gasteiger partial charge is 0.245 e. The first kappa shape index (κ1) is 20.7. The first-order chi connectivity index (χ1) is 14.4. The van der Waals surface area contributed by atoms with Gasteiger partial charge in [0.05, 0.1) is 4.90 Å². The lowest BCUT2D eigenvalue weighted by atomic mass is 9.99. The molecule has 0 aliphatic carbocycles. The van der Waals surface area contributed by atoms with Crippen LogP contribution in [0, 0.1) is 5.82 Å². The van der Waals surface area contributed by atoms with Gasteiger partial charge in [-0.05, 0) is 67.8 Å². The predicted molar refractivity (Wildman–Crippen MR) is 115 cm³/mol. The van der Waals surface area contributed by atoms with Crippen molar-refractivity contribution in [3.05, 3.63) is 53.8 Å². The standard InChI is InChI=1S/C22H26FN3O3S/c1-16(26-10-2-3-17-15-18(23)4-9-21(17)26)22(27)25-13-11-24(12-14-25)19-5-7-20(8-6-19)30(28)29/h4-9,15-16,30H,2-3,10-14H2,1H3/t16-/m1/s1. The van der Waals surface area contributed by atoms with E-state index in [4.69, 9.17) is 0 Å². The van der Waals surface area contributed by atoms with Crippen molar-refractivity contribution in [2.75, 3.05) is 42.5 Å². The largest absolute Gasteiger partial charge is 0.368 e. The lowest BCUT2D eigenvalue weighted by molar-refractivity contribution is -0.132. The molecular formula is C22H26FN3O3S. The number of thiol groups is 1. The van der Waals surface area contributed by atoms with Crippen LogP contribution in [0.2, 0.25) is 0 Å². The van der Waals surface area contributed by atoms with Crippen LogP contribution in [-0.4, -0.2) is 58.0 Å². The summed E-state index contributed by atoms with van der Waals surface area (Å²) >= 11 is 0. The summed E-state index contributed by atoms with van der Waals surface area (Å²) in [5, 5.41) is 0. The number of nitrogens with zero attached hydrogens (tertiary/aromatic N) is 3. The van der Waals surface area contributed by atoms with Crippen LogP contribution in [-0.2, 0) is 21.9 Å². The number of rotatable bonds is 4. The highest BCUT2D eigenvalue weighted by Gasteiger charge is 2.31. The number of carbonyl (C=O) groups excluding carboxylic acids is 1. The van der Waals surface area contributed by atoms with Crippen LogP contribution < -0.4 is 9.80 Å². The Morgan fingerprint density at radius 3 is 2.37 bits per heavy atom. The molecule has 30 heavy (non-hydrogen) atoms. The van der Waals surface area contributed by atoms with Gasteiger partial charge in [0.1, 0.15) is 11.9 Å². The molecule has 2 aliphatic heterocycles. The number of hydrogen-bond donors (Lipinski definition) is 1. The summed E-state index contributed by atoms with van der Waals surface area (Å²) in [6.07, 6.45) is 1.75. The average molecular weight is 432 g/mol. The van der Waals surface area contributed by atoms with Gasteiger partial charge in [-0.3, -0.25) is 4.79 Å². The van der Waals surface area contributed by atoms with Crippen LogP contribution in [0.15, 0.2) is 47.4 Å². The molecule has 0 unspecified atom stereocenters. The van der Waals surface area contributed by atoms with Gasteiger partial charge in [0.15, 0.2) is 10.7 Å². The Hall–Kier alpha value is -2.61. The molecule has 1 fully saturated rings. The van der Waals surface area contributed by atoms with Crippen molar-refractivity contribution < 1.29 is 17.6 Å². The van der Waals surface area contributed by atoms with Crippen molar-refractivity contribution in [3.63, 3.8) is 0 Å². The van der Waals surface area contributed by atoms with Gasteiger partial charge in [-0.2, -0.15) is 0 Å². The Balaban J connectivity index is 1.40. The molecule has 0 N–H and O–H groups in total. The summed E-state index contributed by atoms with van der Waals surface area (Å²) in [5.41, 5.74) is 2.88. The van der Waals surface area contributed by atoms with Gasteiger partial charge < -0.3 is 14.7 Å². The summed E-state index contributed by atoms with van der Waals surface area (Å²) in [6, 6.07) is 11.4. The molecule has 0 saturated carbocycles. The number of piperazine rings is 1. The maximum atomic E-state index is 13.6. The van der Waals surface area contributed by atoms with Gasteiger partial charge in [-0.1, -0.05) is 0 Å². The molecule has 4 rings (SSSR count). The second-order valence-electron chi connectivity index (χ2n) is 7.83. The van der Waals surface area contributed by atoms with E-state index >= 15 is 0 Å². The highest BCUT2D eigenvalue weighted by atomic mass is 32.2. The molecule has 1 saturated heterocycles. The lowest BCUT2D eigenvalue weighted by Gasteiger charge is -2.41. The fraction of sp³-hybridized carbons (Fsp3) is 0.409. The maximum absolute atomic E-state index is 13.6. The molecule has 8 heteroatoms. The van der Waals surface area contributed by atoms with Crippen LogP contribution in [0.25, 0.3) is 0 Å². The average Bonchev–Trinajstić information content (AvgIpc) is 2.77. The van der Waals surface area contributed by atoms with E-state index in [1.807, 2.05) is 24.0 Å². The number of hydrogen-bond acceptors (Lipinski definition) is 5. The van der Waals surface area contributed by atoms with E-state index in [0.717, 1.165) is 36.3 Å². The minimum atomic E-state index is -2.57. The molecule has 160 valence electrons. The van der Waals surface area contributed by atoms with Crippen LogP contribution >= 0.6 is 0 Å². The Kier molecular flexibility index (Phi) is 5.94. The second-order valence-corrected chi connectivity index (χ2v) is 8.86. The highest BCUT2D eigenvalue weighted by molar-refractivity contribution is 7.72. The first-order valence-corrected chi connectivity index (χ1v) is 11.4. The molecule has 0 aromatic heterocycles. The van der Waals surface area contributed by atoms with E-state index in [-0.39, 0.29) is 17.8 Å². The molecule has 0 bridgehead atoms. The number of carbonyl (C=O) groups is 1. The molecule has 0 spiro atoms. The summed E-state index contributed by atoms with van der Waals surface area (Å²) < 4.78 is 35.7. The Labute approximate surface area is 177 Å². The predicted octanol–water partition coefficient (Wildman–Crippen LogP) is 2.29. The van der Waals surface area contributed by atoms with Crippen molar-refractivity contribution in [2.24, 2.45) is 0 Å². The molecule has 0 radical (unpaired) electrons. The minimum absolute atomic E-state index is 0.0884. The quantitative estimate of drug-likeness (QED) is 0.753. The van der Waals surface area contributed by atoms with Gasteiger partial charge in [-0.15, -0.1) is 0 Å². The number of halogens is 1. The summed E-state index contributed by atoms with van der Waals surface area (Å²) in [4.78, 5) is 19.6. The lowest BCUT2D eigenvalue weighted by Crippen LogP contribution is -2.55. The summed E-state index contributed by atoms with van der Waals surface area (Å²) in [6.45, 7) is 5.34. The van der Waals surface area contributed by atoms with E-state index in [2.05, 4.69) is 9.80 Å². The zero-order valence-electron chi connectivity index (χ0n) is 17.0. The van der Waals surface area contributed by atoms with Crippen LogP contribution in [0.3, 0.4) is 0 Å².